The fraction of sp³-hybridized carbons (Fsp3) is 0.316. The molecule has 2 aromatic carbocycles. The summed E-state index contributed by atoms with van der Waals surface area (Å²) in [6, 6.07) is 13.3. The van der Waals surface area contributed by atoms with Crippen LogP contribution in [0.4, 0.5) is 0 Å². The van der Waals surface area contributed by atoms with Gasteiger partial charge in [-0.1, -0.05) is 23.8 Å². The van der Waals surface area contributed by atoms with E-state index in [0.717, 1.165) is 11.3 Å². The summed E-state index contributed by atoms with van der Waals surface area (Å²) >= 11 is 0. The third kappa shape index (κ3) is 5.19. The Morgan fingerprint density at radius 1 is 1.00 bits per heavy atom. The first-order chi connectivity index (χ1) is 11.6. The number of rotatable bonds is 8. The number of carbonyl (C=O) groups is 1. The Morgan fingerprint density at radius 3 is 2.38 bits per heavy atom. The highest BCUT2D eigenvalue weighted by Crippen LogP contribution is 2.27. The molecule has 5 heteroatoms. The van der Waals surface area contributed by atoms with Crippen molar-refractivity contribution in [2.75, 3.05) is 20.8 Å². The predicted octanol–water partition coefficient (Wildman–Crippen LogP) is 3.10. The van der Waals surface area contributed by atoms with Gasteiger partial charge in [-0.15, -0.1) is 0 Å². The van der Waals surface area contributed by atoms with Crippen molar-refractivity contribution in [1.82, 2.24) is 5.32 Å². The molecule has 0 aromatic heterocycles. The van der Waals surface area contributed by atoms with Gasteiger partial charge in [0.1, 0.15) is 5.75 Å². The standard InChI is InChI=1S/C19H23NO4/c1-14-4-7-16(8-5-14)24-11-10-19(21)20-13-15-6-9-17(22-2)18(12-15)23-3/h4-9,12H,10-11,13H2,1-3H3,(H,20,21). The lowest BCUT2D eigenvalue weighted by atomic mass is 10.2. The molecule has 0 unspecified atom stereocenters. The minimum Gasteiger partial charge on any atom is -0.493 e. The number of carbonyl (C=O) groups excluding carboxylic acids is 1. The number of hydrogen-bond acceptors (Lipinski definition) is 4. The van der Waals surface area contributed by atoms with Crippen molar-refractivity contribution in [1.29, 1.82) is 0 Å². The van der Waals surface area contributed by atoms with Crippen LogP contribution in [0, 0.1) is 6.92 Å². The van der Waals surface area contributed by atoms with Gasteiger partial charge in [-0.2, -0.15) is 0 Å². The molecule has 0 aliphatic heterocycles. The Kier molecular flexibility index (Phi) is 6.49. The number of methoxy groups -OCH3 is 2. The fourth-order valence-corrected chi connectivity index (χ4v) is 2.18. The van der Waals surface area contributed by atoms with Crippen molar-refractivity contribution in [3.8, 4) is 17.2 Å². The molecular formula is C19H23NO4. The van der Waals surface area contributed by atoms with E-state index in [4.69, 9.17) is 14.2 Å². The fourth-order valence-electron chi connectivity index (χ4n) is 2.18. The summed E-state index contributed by atoms with van der Waals surface area (Å²) in [6.07, 6.45) is 0.307. The molecule has 5 nitrogen and oxygen atoms in total. The summed E-state index contributed by atoms with van der Waals surface area (Å²) in [4.78, 5) is 11.9. The van der Waals surface area contributed by atoms with Crippen molar-refractivity contribution in [2.45, 2.75) is 19.9 Å². The average molecular weight is 329 g/mol. The molecular weight excluding hydrogens is 306 g/mol. The lowest BCUT2D eigenvalue weighted by Crippen LogP contribution is -2.24. The Balaban J connectivity index is 1.75. The second-order valence-corrected chi connectivity index (χ2v) is 5.38. The van der Waals surface area contributed by atoms with E-state index in [2.05, 4.69) is 5.32 Å². The lowest BCUT2D eigenvalue weighted by molar-refractivity contribution is -0.121. The third-order valence-corrected chi connectivity index (χ3v) is 3.56. The molecule has 0 aliphatic carbocycles. The molecule has 0 saturated heterocycles. The first kappa shape index (κ1) is 17.7. The second kappa shape index (κ2) is 8.82. The maximum atomic E-state index is 11.9. The molecule has 0 spiro atoms. The zero-order valence-corrected chi connectivity index (χ0v) is 14.3. The molecule has 0 fully saturated rings. The zero-order chi connectivity index (χ0) is 17.4. The van der Waals surface area contributed by atoms with E-state index >= 15 is 0 Å². The van der Waals surface area contributed by atoms with Gasteiger partial charge >= 0.3 is 0 Å². The van der Waals surface area contributed by atoms with Crippen molar-refractivity contribution in [3.05, 3.63) is 53.6 Å². The minimum absolute atomic E-state index is 0.0584. The van der Waals surface area contributed by atoms with Crippen LogP contribution in [-0.2, 0) is 11.3 Å². The molecule has 24 heavy (non-hydrogen) atoms. The predicted molar refractivity (Wildman–Crippen MR) is 92.7 cm³/mol. The maximum absolute atomic E-state index is 11.9. The summed E-state index contributed by atoms with van der Waals surface area (Å²) < 4.78 is 16.0. The normalized spacial score (nSPS) is 10.1. The molecule has 2 rings (SSSR count). The van der Waals surface area contributed by atoms with Crippen LogP contribution in [0.3, 0.4) is 0 Å². The monoisotopic (exact) mass is 329 g/mol. The van der Waals surface area contributed by atoms with Crippen LogP contribution in [0.25, 0.3) is 0 Å². The zero-order valence-electron chi connectivity index (χ0n) is 14.3. The van der Waals surface area contributed by atoms with Crippen LogP contribution in [0.2, 0.25) is 0 Å². The first-order valence-corrected chi connectivity index (χ1v) is 7.79. The van der Waals surface area contributed by atoms with E-state index in [1.165, 1.54) is 5.56 Å². The lowest BCUT2D eigenvalue weighted by Gasteiger charge is -2.11. The summed E-state index contributed by atoms with van der Waals surface area (Å²) in [5.74, 6) is 2.02. The van der Waals surface area contributed by atoms with Gasteiger partial charge in [0.2, 0.25) is 5.91 Å². The minimum atomic E-state index is -0.0584. The highest BCUT2D eigenvalue weighted by molar-refractivity contribution is 5.76. The van der Waals surface area contributed by atoms with E-state index in [-0.39, 0.29) is 5.91 Å². The molecule has 0 bridgehead atoms. The molecule has 1 amide bonds. The Morgan fingerprint density at radius 2 is 1.71 bits per heavy atom. The van der Waals surface area contributed by atoms with Crippen molar-refractivity contribution in [3.63, 3.8) is 0 Å². The van der Waals surface area contributed by atoms with Crippen LogP contribution < -0.4 is 19.5 Å². The first-order valence-electron chi connectivity index (χ1n) is 7.79. The SMILES string of the molecule is COc1ccc(CNC(=O)CCOc2ccc(C)cc2)cc1OC. The number of nitrogens with one attached hydrogen (secondary N) is 1. The molecule has 0 atom stereocenters. The Hall–Kier alpha value is -2.69. The van der Waals surface area contributed by atoms with Gasteiger partial charge in [-0.3, -0.25) is 4.79 Å². The largest absolute Gasteiger partial charge is 0.493 e. The van der Waals surface area contributed by atoms with Gasteiger partial charge < -0.3 is 19.5 Å². The molecule has 2 aromatic rings. The van der Waals surface area contributed by atoms with Gasteiger partial charge in [-0.05, 0) is 36.8 Å². The molecule has 128 valence electrons. The second-order valence-electron chi connectivity index (χ2n) is 5.38. The van der Waals surface area contributed by atoms with Crippen LogP contribution in [-0.4, -0.2) is 26.7 Å². The number of benzene rings is 2. The van der Waals surface area contributed by atoms with E-state index in [9.17, 15) is 4.79 Å². The highest BCUT2D eigenvalue weighted by atomic mass is 16.5. The number of aryl methyl sites for hydroxylation is 1. The number of amides is 1. The highest BCUT2D eigenvalue weighted by Gasteiger charge is 2.06. The Labute approximate surface area is 142 Å². The summed E-state index contributed by atoms with van der Waals surface area (Å²) in [7, 11) is 3.18. The summed E-state index contributed by atoms with van der Waals surface area (Å²) in [5.41, 5.74) is 2.12. The topological polar surface area (TPSA) is 56.8 Å². The van der Waals surface area contributed by atoms with Crippen LogP contribution >= 0.6 is 0 Å². The van der Waals surface area contributed by atoms with E-state index < -0.39 is 0 Å². The van der Waals surface area contributed by atoms with E-state index in [0.29, 0.717) is 31.1 Å². The molecule has 0 saturated carbocycles. The molecule has 0 heterocycles. The van der Waals surface area contributed by atoms with Gasteiger partial charge in [-0.25, -0.2) is 0 Å². The molecule has 0 aliphatic rings. The number of ether oxygens (including phenoxy) is 3. The van der Waals surface area contributed by atoms with Crippen molar-refractivity contribution in [2.24, 2.45) is 0 Å². The van der Waals surface area contributed by atoms with E-state index in [1.54, 1.807) is 14.2 Å². The molecule has 1 N–H and O–H groups in total. The van der Waals surface area contributed by atoms with E-state index in [1.807, 2.05) is 49.4 Å². The van der Waals surface area contributed by atoms with Gasteiger partial charge in [0.05, 0.1) is 27.2 Å². The maximum Gasteiger partial charge on any atom is 0.223 e. The smallest absolute Gasteiger partial charge is 0.223 e. The van der Waals surface area contributed by atoms with Gasteiger partial charge in [0, 0.05) is 6.54 Å². The van der Waals surface area contributed by atoms with Crippen molar-refractivity contribution < 1.29 is 19.0 Å². The van der Waals surface area contributed by atoms with Gasteiger partial charge in [0.25, 0.3) is 0 Å². The van der Waals surface area contributed by atoms with Crippen LogP contribution in [0.1, 0.15) is 17.5 Å². The Bertz CT molecular complexity index is 668. The van der Waals surface area contributed by atoms with Crippen molar-refractivity contribution >= 4 is 5.91 Å². The number of hydrogen-bond donors (Lipinski definition) is 1. The van der Waals surface area contributed by atoms with Gasteiger partial charge in [0.15, 0.2) is 11.5 Å². The average Bonchev–Trinajstić information content (AvgIpc) is 2.61. The third-order valence-electron chi connectivity index (χ3n) is 3.56. The van der Waals surface area contributed by atoms with Crippen LogP contribution in [0.5, 0.6) is 17.2 Å². The molecule has 0 radical (unpaired) electrons. The summed E-state index contributed by atoms with van der Waals surface area (Å²) in [6.45, 7) is 2.80. The quantitative estimate of drug-likeness (QED) is 0.808. The van der Waals surface area contributed by atoms with Crippen LogP contribution in [0.15, 0.2) is 42.5 Å². The summed E-state index contributed by atoms with van der Waals surface area (Å²) in [5, 5.41) is 2.87.